The van der Waals surface area contributed by atoms with Gasteiger partial charge in [0.1, 0.15) is 6.04 Å². The molecule has 1 fully saturated rings. The molecule has 1 unspecified atom stereocenters. The molecule has 1 aliphatic rings. The Hall–Kier alpha value is -1.54. The van der Waals surface area contributed by atoms with Crippen LogP contribution < -0.4 is 0 Å². The van der Waals surface area contributed by atoms with Gasteiger partial charge in [-0.1, -0.05) is 18.3 Å². The minimum Gasteiger partial charge on any atom is -0.465 e. The second-order valence-corrected chi connectivity index (χ2v) is 4.96. The van der Waals surface area contributed by atoms with E-state index in [-0.39, 0.29) is 17.9 Å². The van der Waals surface area contributed by atoms with Crippen molar-refractivity contribution in [2.24, 2.45) is 0 Å². The maximum atomic E-state index is 11.9. The van der Waals surface area contributed by atoms with Gasteiger partial charge in [-0.15, -0.1) is 0 Å². The number of ether oxygens (including phenoxy) is 1. The maximum Gasteiger partial charge on any atom is 0.323 e. The molecule has 1 atom stereocenters. The third-order valence-corrected chi connectivity index (χ3v) is 3.43. The van der Waals surface area contributed by atoms with Crippen LogP contribution in [-0.4, -0.2) is 61.0 Å². The molecule has 5 nitrogen and oxygen atoms in total. The zero-order valence-corrected chi connectivity index (χ0v) is 12.6. The van der Waals surface area contributed by atoms with Gasteiger partial charge in [0.05, 0.1) is 19.7 Å². The van der Waals surface area contributed by atoms with Gasteiger partial charge < -0.3 is 9.64 Å². The molecule has 0 aliphatic carbocycles. The molecule has 0 bridgehead atoms. The van der Waals surface area contributed by atoms with Crippen LogP contribution in [0.3, 0.4) is 0 Å². The first-order valence-electron chi connectivity index (χ1n) is 7.14. The lowest BCUT2D eigenvalue weighted by atomic mass is 10.0. The number of hydrogen-bond donors (Lipinski definition) is 0. The monoisotopic (exact) mass is 280 g/mol. The largest absolute Gasteiger partial charge is 0.465 e. The zero-order chi connectivity index (χ0) is 15.0. The van der Waals surface area contributed by atoms with Crippen molar-refractivity contribution >= 4 is 11.9 Å². The van der Waals surface area contributed by atoms with Gasteiger partial charge in [-0.25, -0.2) is 0 Å². The van der Waals surface area contributed by atoms with Crippen molar-refractivity contribution in [3.8, 4) is 11.8 Å². The highest BCUT2D eigenvalue weighted by molar-refractivity contribution is 5.76. The first-order valence-corrected chi connectivity index (χ1v) is 7.14. The zero-order valence-electron chi connectivity index (χ0n) is 12.6. The van der Waals surface area contributed by atoms with Crippen molar-refractivity contribution in [1.29, 1.82) is 0 Å². The lowest BCUT2D eigenvalue weighted by molar-refractivity contribution is -0.150. The van der Waals surface area contributed by atoms with Crippen LogP contribution in [-0.2, 0) is 14.3 Å². The number of amides is 1. The molecule has 0 saturated carbocycles. The molecule has 0 aromatic heterocycles. The van der Waals surface area contributed by atoms with Gasteiger partial charge in [-0.05, 0) is 26.3 Å². The molecule has 1 rings (SSSR count). The molecule has 0 N–H and O–H groups in total. The smallest absolute Gasteiger partial charge is 0.323 e. The Kier molecular flexibility index (Phi) is 7.10. The second kappa shape index (κ2) is 8.60. The summed E-state index contributed by atoms with van der Waals surface area (Å²) in [6, 6.07) is -0.163. The SMILES string of the molecule is CCOC(=O)C1CCCCN1CC#CCN(C)C(C)=O. The number of carbonyl (C=O) groups is 2. The van der Waals surface area contributed by atoms with Crippen LogP contribution in [0.25, 0.3) is 0 Å². The Balaban J connectivity index is 2.49. The van der Waals surface area contributed by atoms with E-state index in [9.17, 15) is 9.59 Å². The number of nitrogens with zero attached hydrogens (tertiary/aromatic N) is 2. The normalized spacial score (nSPS) is 18.9. The molecular weight excluding hydrogens is 256 g/mol. The molecule has 5 heteroatoms. The highest BCUT2D eigenvalue weighted by atomic mass is 16.5. The Morgan fingerprint density at radius 3 is 2.75 bits per heavy atom. The average Bonchev–Trinajstić information content (AvgIpc) is 2.43. The van der Waals surface area contributed by atoms with Gasteiger partial charge in [0.2, 0.25) is 5.91 Å². The van der Waals surface area contributed by atoms with Crippen LogP contribution >= 0.6 is 0 Å². The van der Waals surface area contributed by atoms with E-state index in [1.54, 1.807) is 11.9 Å². The van der Waals surface area contributed by atoms with E-state index in [1.165, 1.54) is 6.92 Å². The fourth-order valence-corrected chi connectivity index (χ4v) is 2.13. The quantitative estimate of drug-likeness (QED) is 0.567. The molecule has 112 valence electrons. The van der Waals surface area contributed by atoms with Crippen molar-refractivity contribution in [3.05, 3.63) is 0 Å². The number of carbonyl (C=O) groups excluding carboxylic acids is 2. The van der Waals surface area contributed by atoms with Gasteiger partial charge in [0, 0.05) is 14.0 Å². The van der Waals surface area contributed by atoms with Crippen LogP contribution in [0, 0.1) is 11.8 Å². The van der Waals surface area contributed by atoms with Gasteiger partial charge in [-0.3, -0.25) is 14.5 Å². The van der Waals surface area contributed by atoms with E-state index in [0.29, 0.717) is 19.7 Å². The highest BCUT2D eigenvalue weighted by Crippen LogP contribution is 2.17. The summed E-state index contributed by atoms with van der Waals surface area (Å²) in [6.45, 7) is 5.60. The third-order valence-electron chi connectivity index (χ3n) is 3.43. The van der Waals surface area contributed by atoms with E-state index in [1.807, 2.05) is 6.92 Å². The third kappa shape index (κ3) is 5.22. The standard InChI is InChI=1S/C15H24N2O3/c1-4-20-15(19)14-9-5-6-11-17(14)12-8-7-10-16(3)13(2)18/h14H,4-6,9-12H2,1-3H3. The van der Waals surface area contributed by atoms with E-state index in [0.717, 1.165) is 25.8 Å². The van der Waals surface area contributed by atoms with Crippen molar-refractivity contribution < 1.29 is 14.3 Å². The van der Waals surface area contributed by atoms with E-state index in [4.69, 9.17) is 4.74 Å². The average molecular weight is 280 g/mol. The summed E-state index contributed by atoms with van der Waals surface area (Å²) >= 11 is 0. The minimum absolute atomic E-state index is 0.00155. The molecule has 1 aliphatic heterocycles. The summed E-state index contributed by atoms with van der Waals surface area (Å²) in [4.78, 5) is 26.5. The van der Waals surface area contributed by atoms with Crippen molar-refractivity contribution in [3.63, 3.8) is 0 Å². The number of esters is 1. The molecule has 0 aromatic rings. The molecule has 1 saturated heterocycles. The van der Waals surface area contributed by atoms with Gasteiger partial charge >= 0.3 is 5.97 Å². The van der Waals surface area contributed by atoms with Crippen LogP contribution in [0.2, 0.25) is 0 Å². The Morgan fingerprint density at radius 1 is 1.35 bits per heavy atom. The fourth-order valence-electron chi connectivity index (χ4n) is 2.13. The second-order valence-electron chi connectivity index (χ2n) is 4.96. The molecule has 1 amide bonds. The van der Waals surface area contributed by atoms with Gasteiger partial charge in [0.15, 0.2) is 0 Å². The van der Waals surface area contributed by atoms with Crippen LogP contribution in [0.4, 0.5) is 0 Å². The number of piperidine rings is 1. The van der Waals surface area contributed by atoms with Crippen LogP contribution in [0.15, 0.2) is 0 Å². The topological polar surface area (TPSA) is 49.9 Å². The van der Waals surface area contributed by atoms with E-state index >= 15 is 0 Å². The lowest BCUT2D eigenvalue weighted by Gasteiger charge is -2.32. The number of hydrogen-bond acceptors (Lipinski definition) is 4. The molecular formula is C15H24N2O3. The molecule has 1 heterocycles. The van der Waals surface area contributed by atoms with Gasteiger partial charge in [0.25, 0.3) is 0 Å². The van der Waals surface area contributed by atoms with Crippen LogP contribution in [0.1, 0.15) is 33.1 Å². The van der Waals surface area contributed by atoms with E-state index in [2.05, 4.69) is 16.7 Å². The molecule has 0 aromatic carbocycles. The maximum absolute atomic E-state index is 11.9. The highest BCUT2D eigenvalue weighted by Gasteiger charge is 2.28. The lowest BCUT2D eigenvalue weighted by Crippen LogP contribution is -2.45. The Labute approximate surface area is 121 Å². The first-order chi connectivity index (χ1) is 9.56. The summed E-state index contributed by atoms with van der Waals surface area (Å²) in [5.74, 6) is 5.87. The number of likely N-dealkylation sites (tertiary alicyclic amines) is 1. The predicted octanol–water partition coefficient (Wildman–Crippen LogP) is 0.886. The Morgan fingerprint density at radius 2 is 2.10 bits per heavy atom. The minimum atomic E-state index is -0.163. The van der Waals surface area contributed by atoms with Crippen LogP contribution in [0.5, 0.6) is 0 Å². The molecule has 0 spiro atoms. The van der Waals surface area contributed by atoms with Crippen molar-refractivity contribution in [2.45, 2.75) is 39.2 Å². The van der Waals surface area contributed by atoms with Crippen molar-refractivity contribution in [2.75, 3.05) is 33.3 Å². The summed E-state index contributed by atoms with van der Waals surface area (Å²) in [6.07, 6.45) is 2.99. The summed E-state index contributed by atoms with van der Waals surface area (Å²) in [7, 11) is 1.72. The predicted molar refractivity (Wildman–Crippen MR) is 76.9 cm³/mol. The Bertz CT molecular complexity index is 398. The number of rotatable bonds is 4. The van der Waals surface area contributed by atoms with Crippen molar-refractivity contribution in [1.82, 2.24) is 9.80 Å². The summed E-state index contributed by atoms with van der Waals surface area (Å²) in [5.41, 5.74) is 0. The van der Waals surface area contributed by atoms with Gasteiger partial charge in [-0.2, -0.15) is 0 Å². The molecule has 0 radical (unpaired) electrons. The first kappa shape index (κ1) is 16.5. The van der Waals surface area contributed by atoms with E-state index < -0.39 is 0 Å². The summed E-state index contributed by atoms with van der Waals surface area (Å²) in [5, 5.41) is 0. The summed E-state index contributed by atoms with van der Waals surface area (Å²) < 4.78 is 5.11. The molecule has 20 heavy (non-hydrogen) atoms. The fraction of sp³-hybridized carbons (Fsp3) is 0.733.